The number of hydrazine groups is 1. The number of Topliss-reactive ketones (excluding diaryl/α,β-unsaturated/α-hetero) is 1. The van der Waals surface area contributed by atoms with Crippen LogP contribution in [0.1, 0.15) is 91.9 Å². The van der Waals surface area contributed by atoms with Crippen molar-refractivity contribution in [2.45, 2.75) is 91.9 Å². The first-order valence-electron chi connectivity index (χ1n) is 12.6. The number of carbonyl (C=O) groups is 1. The summed E-state index contributed by atoms with van der Waals surface area (Å²) in [6.07, 6.45) is 13.0. The SMILES string of the molecule is CCC12CCC3C(CCC4CC(C)CCC43C)C1CCC2C(=O)CN(N)/N=C(/C)N. The van der Waals surface area contributed by atoms with Crippen molar-refractivity contribution in [3.8, 4) is 0 Å². The molecule has 4 aliphatic rings. The third kappa shape index (κ3) is 3.49. The van der Waals surface area contributed by atoms with Crippen LogP contribution < -0.4 is 11.6 Å². The molecule has 170 valence electrons. The predicted octanol–water partition coefficient (Wildman–Crippen LogP) is 4.71. The van der Waals surface area contributed by atoms with Gasteiger partial charge in [-0.05, 0) is 105 Å². The van der Waals surface area contributed by atoms with Crippen LogP contribution in [0.15, 0.2) is 5.10 Å². The highest BCUT2D eigenvalue weighted by atomic mass is 16.1. The third-order valence-electron chi connectivity index (χ3n) is 10.3. The molecule has 0 bridgehead atoms. The lowest BCUT2D eigenvalue weighted by atomic mass is 9.43. The van der Waals surface area contributed by atoms with E-state index in [1.165, 1.54) is 56.5 Å². The second kappa shape index (κ2) is 8.11. The van der Waals surface area contributed by atoms with Gasteiger partial charge in [-0.2, -0.15) is 0 Å². The average molecular weight is 417 g/mol. The van der Waals surface area contributed by atoms with Crippen LogP contribution in [0.5, 0.6) is 0 Å². The number of fused-ring (bicyclic) bond motifs is 5. The molecule has 0 aliphatic heterocycles. The van der Waals surface area contributed by atoms with Gasteiger partial charge in [-0.15, -0.1) is 5.10 Å². The van der Waals surface area contributed by atoms with Gasteiger partial charge >= 0.3 is 0 Å². The first-order chi connectivity index (χ1) is 14.2. The Balaban J connectivity index is 1.54. The number of nitrogens with zero attached hydrogens (tertiary/aromatic N) is 2. The minimum Gasteiger partial charge on any atom is -0.386 e. The maximum atomic E-state index is 13.3. The Labute approximate surface area is 183 Å². The molecule has 8 atom stereocenters. The van der Waals surface area contributed by atoms with Gasteiger partial charge in [0.05, 0.1) is 0 Å². The van der Waals surface area contributed by atoms with Crippen LogP contribution in [0.3, 0.4) is 0 Å². The van der Waals surface area contributed by atoms with E-state index in [0.29, 0.717) is 11.3 Å². The summed E-state index contributed by atoms with van der Waals surface area (Å²) < 4.78 is 0. The van der Waals surface area contributed by atoms with Crippen molar-refractivity contribution < 1.29 is 4.79 Å². The van der Waals surface area contributed by atoms with Crippen LogP contribution in [-0.2, 0) is 4.79 Å². The third-order valence-corrected chi connectivity index (χ3v) is 10.3. The van der Waals surface area contributed by atoms with Gasteiger partial charge < -0.3 is 5.73 Å². The van der Waals surface area contributed by atoms with Crippen LogP contribution in [0, 0.1) is 46.3 Å². The quantitative estimate of drug-likeness (QED) is 0.294. The molecule has 30 heavy (non-hydrogen) atoms. The molecule has 4 fully saturated rings. The number of hydrogen-bond donors (Lipinski definition) is 2. The number of amidine groups is 1. The fourth-order valence-corrected chi connectivity index (χ4v) is 8.96. The van der Waals surface area contributed by atoms with Crippen LogP contribution in [0.4, 0.5) is 0 Å². The highest BCUT2D eigenvalue weighted by molar-refractivity contribution is 5.84. The van der Waals surface area contributed by atoms with Crippen molar-refractivity contribution in [1.29, 1.82) is 0 Å². The summed E-state index contributed by atoms with van der Waals surface area (Å²) in [5.74, 6) is 11.0. The van der Waals surface area contributed by atoms with Gasteiger partial charge in [-0.25, -0.2) is 11.0 Å². The Morgan fingerprint density at radius 1 is 1.10 bits per heavy atom. The lowest BCUT2D eigenvalue weighted by Crippen LogP contribution is -2.54. The van der Waals surface area contributed by atoms with Crippen molar-refractivity contribution >= 4 is 11.6 Å². The molecule has 0 aromatic carbocycles. The van der Waals surface area contributed by atoms with Crippen molar-refractivity contribution in [3.05, 3.63) is 0 Å². The van der Waals surface area contributed by atoms with Gasteiger partial charge in [0.1, 0.15) is 12.4 Å². The predicted molar refractivity (Wildman–Crippen MR) is 122 cm³/mol. The van der Waals surface area contributed by atoms with E-state index in [-0.39, 0.29) is 23.7 Å². The van der Waals surface area contributed by atoms with Crippen molar-refractivity contribution in [2.75, 3.05) is 6.54 Å². The largest absolute Gasteiger partial charge is 0.386 e. The van der Waals surface area contributed by atoms with E-state index in [1.54, 1.807) is 6.92 Å². The molecule has 0 spiro atoms. The maximum Gasteiger partial charge on any atom is 0.159 e. The molecule has 4 rings (SSSR count). The second-order valence-electron chi connectivity index (χ2n) is 11.6. The molecule has 0 amide bonds. The monoisotopic (exact) mass is 416 g/mol. The van der Waals surface area contributed by atoms with Gasteiger partial charge in [0.15, 0.2) is 5.78 Å². The summed E-state index contributed by atoms with van der Waals surface area (Å²) in [5.41, 5.74) is 6.37. The summed E-state index contributed by atoms with van der Waals surface area (Å²) in [4.78, 5) is 13.3. The number of ketones is 1. The van der Waals surface area contributed by atoms with Crippen LogP contribution >= 0.6 is 0 Å². The number of hydrazone groups is 1. The second-order valence-corrected chi connectivity index (χ2v) is 11.6. The van der Waals surface area contributed by atoms with Crippen LogP contribution in [-0.4, -0.2) is 23.3 Å². The van der Waals surface area contributed by atoms with Gasteiger partial charge in [-0.1, -0.05) is 27.2 Å². The van der Waals surface area contributed by atoms with E-state index in [2.05, 4.69) is 25.9 Å². The smallest absolute Gasteiger partial charge is 0.159 e. The molecule has 4 N–H and O–H groups in total. The average Bonchev–Trinajstić information content (AvgIpc) is 3.08. The highest BCUT2D eigenvalue weighted by Gasteiger charge is 2.61. The number of rotatable bonds is 5. The van der Waals surface area contributed by atoms with E-state index in [0.717, 1.165) is 42.4 Å². The lowest BCUT2D eigenvalue weighted by molar-refractivity contribution is -0.140. The zero-order chi connectivity index (χ0) is 21.7. The normalized spacial score (nSPS) is 46.0. The first-order valence-corrected chi connectivity index (χ1v) is 12.6. The standard InChI is InChI=1S/C25H44N4O/c1-5-25-13-11-20-19(7-6-18-14-16(2)10-12-24(18,20)4)21(25)8-9-22(25)23(30)15-29(27)28-17(3)26/h16,18-22H,5-15,27H2,1-4H3,(H2,26,28). The Bertz CT molecular complexity index is 689. The summed E-state index contributed by atoms with van der Waals surface area (Å²) in [6.45, 7) is 9.30. The van der Waals surface area contributed by atoms with Crippen LogP contribution in [0.2, 0.25) is 0 Å². The van der Waals surface area contributed by atoms with Gasteiger partial charge in [-0.3, -0.25) is 4.79 Å². The molecule has 5 heteroatoms. The Morgan fingerprint density at radius 3 is 2.57 bits per heavy atom. The molecule has 5 nitrogen and oxygen atoms in total. The number of hydrogen-bond acceptors (Lipinski definition) is 4. The fourth-order valence-electron chi connectivity index (χ4n) is 8.96. The van der Waals surface area contributed by atoms with E-state index < -0.39 is 0 Å². The molecule has 0 aromatic rings. The molecule has 4 saturated carbocycles. The maximum absolute atomic E-state index is 13.3. The number of nitrogens with two attached hydrogens (primary N) is 2. The topological polar surface area (TPSA) is 84.7 Å². The molecule has 0 radical (unpaired) electrons. The highest BCUT2D eigenvalue weighted by Crippen LogP contribution is 2.68. The number of carbonyl (C=O) groups excluding carboxylic acids is 1. The molecular weight excluding hydrogens is 372 g/mol. The molecule has 8 unspecified atom stereocenters. The Kier molecular flexibility index (Phi) is 5.97. The summed E-state index contributed by atoms with van der Waals surface area (Å²) >= 11 is 0. The minimum absolute atomic E-state index is 0.143. The Morgan fingerprint density at radius 2 is 1.87 bits per heavy atom. The summed E-state index contributed by atoms with van der Waals surface area (Å²) in [7, 11) is 0. The Hall–Kier alpha value is -1.10. The molecular formula is C25H44N4O. The zero-order valence-corrected chi connectivity index (χ0v) is 19.7. The van der Waals surface area contributed by atoms with Crippen molar-refractivity contribution in [3.63, 3.8) is 0 Å². The van der Waals surface area contributed by atoms with E-state index in [4.69, 9.17) is 11.6 Å². The van der Waals surface area contributed by atoms with Crippen molar-refractivity contribution in [1.82, 2.24) is 5.12 Å². The lowest BCUT2D eigenvalue weighted by Gasteiger charge is -2.61. The minimum atomic E-state index is 0.143. The van der Waals surface area contributed by atoms with Gasteiger partial charge in [0.25, 0.3) is 0 Å². The molecule has 0 saturated heterocycles. The molecule has 4 aliphatic carbocycles. The fraction of sp³-hybridized carbons (Fsp3) is 0.920. The van der Waals surface area contributed by atoms with Gasteiger partial charge in [0, 0.05) is 5.92 Å². The molecule has 0 heterocycles. The van der Waals surface area contributed by atoms with E-state index in [9.17, 15) is 4.79 Å². The zero-order valence-electron chi connectivity index (χ0n) is 19.7. The summed E-state index contributed by atoms with van der Waals surface area (Å²) in [5, 5.41) is 5.30. The van der Waals surface area contributed by atoms with Crippen LogP contribution in [0.25, 0.3) is 0 Å². The van der Waals surface area contributed by atoms with Gasteiger partial charge in [0.2, 0.25) is 0 Å². The first kappa shape index (κ1) is 22.1. The van der Waals surface area contributed by atoms with E-state index >= 15 is 0 Å². The van der Waals surface area contributed by atoms with Crippen molar-refractivity contribution in [2.24, 2.45) is 63.0 Å². The molecule has 0 aromatic heterocycles. The van der Waals surface area contributed by atoms with E-state index in [1.807, 2.05) is 0 Å². The summed E-state index contributed by atoms with van der Waals surface area (Å²) in [6, 6.07) is 0.